The molecule has 1 aliphatic heterocycles. The number of carbonyl (C=O) groups is 1. The lowest BCUT2D eigenvalue weighted by Gasteiger charge is -2.23. The summed E-state index contributed by atoms with van der Waals surface area (Å²) in [6.07, 6.45) is -3.37. The molecule has 0 aliphatic carbocycles. The van der Waals surface area contributed by atoms with Crippen LogP contribution < -0.4 is 10.6 Å². The highest BCUT2D eigenvalue weighted by Gasteiger charge is 2.30. The maximum atomic E-state index is 12.8. The maximum absolute atomic E-state index is 12.8. The Hall–Kier alpha value is -2.45. The second-order valence-corrected chi connectivity index (χ2v) is 5.91. The van der Waals surface area contributed by atoms with E-state index in [0.717, 1.165) is 24.9 Å². The zero-order valence-corrected chi connectivity index (χ0v) is 13.8. The topological polar surface area (TPSA) is 63.2 Å². The van der Waals surface area contributed by atoms with Gasteiger partial charge in [0, 0.05) is 37.0 Å². The van der Waals surface area contributed by atoms with E-state index in [1.807, 2.05) is 0 Å². The first-order valence-electron chi connectivity index (χ1n) is 8.18. The van der Waals surface area contributed by atoms with Crippen molar-refractivity contribution in [3.8, 4) is 11.3 Å². The molecule has 0 saturated carbocycles. The minimum atomic E-state index is -4.42. The Kier molecular flexibility index (Phi) is 5.53. The van der Waals surface area contributed by atoms with Gasteiger partial charge in [0.1, 0.15) is 0 Å². The molecule has 5 nitrogen and oxygen atoms in total. The van der Waals surface area contributed by atoms with Crippen molar-refractivity contribution in [1.29, 1.82) is 0 Å². The smallest absolute Gasteiger partial charge is 0.374 e. The van der Waals surface area contributed by atoms with Crippen LogP contribution in [0.2, 0.25) is 0 Å². The van der Waals surface area contributed by atoms with Crippen LogP contribution in [-0.4, -0.2) is 43.2 Å². The summed E-state index contributed by atoms with van der Waals surface area (Å²) >= 11 is 0. The normalized spacial score (nSPS) is 17.7. The van der Waals surface area contributed by atoms with Gasteiger partial charge >= 0.3 is 6.18 Å². The molecule has 26 heavy (non-hydrogen) atoms. The van der Waals surface area contributed by atoms with Gasteiger partial charge in [0.05, 0.1) is 24.0 Å². The first-order chi connectivity index (χ1) is 12.4. The molecule has 138 valence electrons. The lowest BCUT2D eigenvalue weighted by molar-refractivity contribution is -0.137. The van der Waals surface area contributed by atoms with Crippen molar-refractivity contribution in [2.75, 3.05) is 26.2 Å². The van der Waals surface area contributed by atoms with Gasteiger partial charge < -0.3 is 15.4 Å². The van der Waals surface area contributed by atoms with E-state index in [0.29, 0.717) is 30.8 Å². The molecule has 1 aliphatic rings. The van der Waals surface area contributed by atoms with E-state index in [1.165, 1.54) is 0 Å². The number of nitrogens with zero attached hydrogens (tertiary/aromatic N) is 1. The monoisotopic (exact) mass is 365 g/mol. The number of morpholine rings is 1. The molecule has 0 radical (unpaired) electrons. The second kappa shape index (κ2) is 7.84. The number of ether oxygens (including phenoxy) is 1. The molecule has 1 saturated heterocycles. The van der Waals surface area contributed by atoms with Gasteiger partial charge in [-0.05, 0) is 24.3 Å². The largest absolute Gasteiger partial charge is 0.416 e. The third-order valence-corrected chi connectivity index (χ3v) is 4.02. The SMILES string of the molecule is O=C(NC[C@H]1CNCCO1)c1ccc(-c2cc(C(F)(F)F)ccn2)cc1. The molecule has 0 spiro atoms. The number of hydrogen-bond acceptors (Lipinski definition) is 4. The fourth-order valence-corrected chi connectivity index (χ4v) is 2.62. The number of benzene rings is 1. The van der Waals surface area contributed by atoms with E-state index in [4.69, 9.17) is 4.74 Å². The molecule has 1 amide bonds. The van der Waals surface area contributed by atoms with Gasteiger partial charge in [0.2, 0.25) is 0 Å². The Labute approximate surface area is 148 Å². The lowest BCUT2D eigenvalue weighted by Crippen LogP contribution is -2.45. The van der Waals surface area contributed by atoms with E-state index in [1.54, 1.807) is 24.3 Å². The first kappa shape index (κ1) is 18.3. The standard InChI is InChI=1S/C18H18F3N3O2/c19-18(20,21)14-5-6-23-16(9-14)12-1-3-13(4-2-12)17(25)24-11-15-10-22-7-8-26-15/h1-6,9,15,22H,7-8,10-11H2,(H,24,25)/t15-/m1/s1. The number of carbonyl (C=O) groups excluding carboxylic acids is 1. The highest BCUT2D eigenvalue weighted by Crippen LogP contribution is 2.31. The lowest BCUT2D eigenvalue weighted by atomic mass is 10.1. The quantitative estimate of drug-likeness (QED) is 0.874. The number of hydrogen-bond donors (Lipinski definition) is 2. The van der Waals surface area contributed by atoms with Gasteiger partial charge in [-0.25, -0.2) is 0 Å². The summed E-state index contributed by atoms with van der Waals surface area (Å²) in [4.78, 5) is 16.1. The number of rotatable bonds is 4. The molecule has 2 aromatic rings. The molecule has 1 atom stereocenters. The molecule has 1 aromatic heterocycles. The van der Waals surface area contributed by atoms with Crippen molar-refractivity contribution in [2.24, 2.45) is 0 Å². The highest BCUT2D eigenvalue weighted by atomic mass is 19.4. The average Bonchev–Trinajstić information content (AvgIpc) is 2.66. The number of nitrogens with one attached hydrogen (secondary N) is 2. The van der Waals surface area contributed by atoms with E-state index in [2.05, 4.69) is 15.6 Å². The molecule has 2 heterocycles. The zero-order chi connectivity index (χ0) is 18.6. The van der Waals surface area contributed by atoms with Crippen LogP contribution in [0.15, 0.2) is 42.6 Å². The summed E-state index contributed by atoms with van der Waals surface area (Å²) in [5.41, 5.74) is 0.371. The number of alkyl halides is 3. The third kappa shape index (κ3) is 4.59. The summed E-state index contributed by atoms with van der Waals surface area (Å²) in [6.45, 7) is 2.48. The minimum Gasteiger partial charge on any atom is -0.374 e. The third-order valence-electron chi connectivity index (χ3n) is 4.02. The van der Waals surface area contributed by atoms with Crippen LogP contribution in [0.4, 0.5) is 13.2 Å². The van der Waals surface area contributed by atoms with E-state index in [9.17, 15) is 18.0 Å². The van der Waals surface area contributed by atoms with Gasteiger partial charge in [-0.15, -0.1) is 0 Å². The maximum Gasteiger partial charge on any atom is 0.416 e. The van der Waals surface area contributed by atoms with Crippen molar-refractivity contribution in [1.82, 2.24) is 15.6 Å². The van der Waals surface area contributed by atoms with Crippen molar-refractivity contribution in [2.45, 2.75) is 12.3 Å². The van der Waals surface area contributed by atoms with Gasteiger partial charge in [0.25, 0.3) is 5.91 Å². The Morgan fingerprint density at radius 1 is 1.27 bits per heavy atom. The molecule has 3 rings (SSSR count). The molecule has 1 fully saturated rings. The molecule has 8 heteroatoms. The number of halogens is 3. The highest BCUT2D eigenvalue weighted by molar-refractivity contribution is 5.94. The van der Waals surface area contributed by atoms with Crippen molar-refractivity contribution < 1.29 is 22.7 Å². The van der Waals surface area contributed by atoms with E-state index < -0.39 is 11.7 Å². The van der Waals surface area contributed by atoms with Crippen LogP contribution in [-0.2, 0) is 10.9 Å². The molecular weight excluding hydrogens is 347 g/mol. The van der Waals surface area contributed by atoms with Crippen molar-refractivity contribution in [3.05, 3.63) is 53.7 Å². The van der Waals surface area contributed by atoms with Crippen molar-refractivity contribution >= 4 is 5.91 Å². The summed E-state index contributed by atoms with van der Waals surface area (Å²) in [5, 5.41) is 5.96. The van der Waals surface area contributed by atoms with Gasteiger partial charge in [-0.1, -0.05) is 12.1 Å². The van der Waals surface area contributed by atoms with E-state index >= 15 is 0 Å². The van der Waals surface area contributed by atoms with Crippen LogP contribution in [0.1, 0.15) is 15.9 Å². The fraction of sp³-hybridized carbons (Fsp3) is 0.333. The Balaban J connectivity index is 1.65. The van der Waals surface area contributed by atoms with Gasteiger partial charge in [-0.3, -0.25) is 9.78 Å². The Morgan fingerprint density at radius 2 is 2.04 bits per heavy atom. The van der Waals surface area contributed by atoms with Crippen LogP contribution in [0.3, 0.4) is 0 Å². The van der Waals surface area contributed by atoms with Crippen LogP contribution >= 0.6 is 0 Å². The van der Waals surface area contributed by atoms with Crippen LogP contribution in [0.25, 0.3) is 11.3 Å². The molecule has 0 bridgehead atoms. The van der Waals surface area contributed by atoms with Crippen LogP contribution in [0.5, 0.6) is 0 Å². The summed E-state index contributed by atoms with van der Waals surface area (Å²) in [7, 11) is 0. The Bertz CT molecular complexity index is 757. The number of pyridine rings is 1. The molecular formula is C18H18F3N3O2. The Morgan fingerprint density at radius 3 is 2.69 bits per heavy atom. The van der Waals surface area contributed by atoms with Crippen LogP contribution in [0, 0.1) is 0 Å². The fourth-order valence-electron chi connectivity index (χ4n) is 2.62. The van der Waals surface area contributed by atoms with Crippen molar-refractivity contribution in [3.63, 3.8) is 0 Å². The molecule has 0 unspecified atom stereocenters. The second-order valence-electron chi connectivity index (χ2n) is 5.91. The minimum absolute atomic E-state index is 0.0683. The summed E-state index contributed by atoms with van der Waals surface area (Å²) in [5.74, 6) is -0.261. The predicted molar refractivity (Wildman–Crippen MR) is 89.6 cm³/mol. The first-order valence-corrected chi connectivity index (χ1v) is 8.18. The van der Waals surface area contributed by atoms with Gasteiger partial charge in [0.15, 0.2) is 0 Å². The average molecular weight is 365 g/mol. The molecule has 2 N–H and O–H groups in total. The zero-order valence-electron chi connectivity index (χ0n) is 13.8. The molecule has 1 aromatic carbocycles. The number of aromatic nitrogens is 1. The number of amides is 1. The summed E-state index contributed by atoms with van der Waals surface area (Å²) in [6, 6.07) is 8.20. The predicted octanol–water partition coefficient (Wildman–Crippen LogP) is 2.49. The van der Waals surface area contributed by atoms with Gasteiger partial charge in [-0.2, -0.15) is 13.2 Å². The van der Waals surface area contributed by atoms with E-state index in [-0.39, 0.29) is 17.7 Å². The summed E-state index contributed by atoms with van der Waals surface area (Å²) < 4.78 is 43.9.